The smallest absolute Gasteiger partial charge is 0.191 e. The van der Waals surface area contributed by atoms with Gasteiger partial charge in [0, 0.05) is 53.3 Å². The number of rotatable bonds is 6. The van der Waals surface area contributed by atoms with Gasteiger partial charge in [0.05, 0.1) is 5.60 Å². The minimum atomic E-state index is -0.144. The maximum Gasteiger partial charge on any atom is 0.191 e. The molecule has 0 radical (unpaired) electrons. The van der Waals surface area contributed by atoms with E-state index in [1.807, 2.05) is 6.07 Å². The van der Waals surface area contributed by atoms with Crippen LogP contribution in [0, 0.1) is 0 Å². The fraction of sp³-hybridized carbons (Fsp3) is 0.588. The Morgan fingerprint density at radius 2 is 1.91 bits per heavy atom. The molecule has 23 heavy (non-hydrogen) atoms. The molecule has 0 spiro atoms. The minimum absolute atomic E-state index is 0. The summed E-state index contributed by atoms with van der Waals surface area (Å²) in [6.45, 7) is 3.12. The van der Waals surface area contributed by atoms with E-state index >= 15 is 0 Å². The van der Waals surface area contributed by atoms with Crippen LogP contribution in [0.5, 0.6) is 0 Å². The summed E-state index contributed by atoms with van der Waals surface area (Å²) in [5.74, 6) is 0.818. The second kappa shape index (κ2) is 10.8. The Morgan fingerprint density at radius 3 is 2.52 bits per heavy atom. The Bertz CT molecular complexity index is 462. The average molecular weight is 433 g/mol. The number of nitrogens with zero attached hydrogens (tertiary/aromatic N) is 1. The molecule has 6 heteroatoms. The van der Waals surface area contributed by atoms with E-state index in [9.17, 15) is 0 Å². The largest absolute Gasteiger partial charge is 0.381 e. The third-order valence-corrected chi connectivity index (χ3v) is 4.19. The van der Waals surface area contributed by atoms with E-state index in [0.29, 0.717) is 0 Å². The Kier molecular flexibility index (Phi) is 9.50. The van der Waals surface area contributed by atoms with Gasteiger partial charge in [-0.05, 0) is 12.0 Å². The molecule has 1 aromatic rings. The van der Waals surface area contributed by atoms with Crippen LogP contribution >= 0.6 is 24.0 Å². The van der Waals surface area contributed by atoms with Crippen LogP contribution in [0.2, 0.25) is 0 Å². The highest BCUT2D eigenvalue weighted by Crippen LogP contribution is 2.23. The third kappa shape index (κ3) is 6.64. The monoisotopic (exact) mass is 433 g/mol. The van der Waals surface area contributed by atoms with Crippen LogP contribution in [0.25, 0.3) is 0 Å². The lowest BCUT2D eigenvalue weighted by molar-refractivity contribution is -0.0855. The number of hydrogen-bond donors (Lipinski definition) is 2. The Morgan fingerprint density at radius 1 is 1.22 bits per heavy atom. The van der Waals surface area contributed by atoms with E-state index in [4.69, 9.17) is 9.47 Å². The van der Waals surface area contributed by atoms with Crippen molar-refractivity contribution in [2.75, 3.05) is 40.5 Å². The number of guanidine groups is 1. The second-order valence-electron chi connectivity index (χ2n) is 5.59. The molecule has 0 amide bonds. The summed E-state index contributed by atoms with van der Waals surface area (Å²) in [6.07, 6.45) is 2.81. The number of hydrogen-bond acceptors (Lipinski definition) is 3. The number of methoxy groups -OCH3 is 1. The van der Waals surface area contributed by atoms with E-state index in [1.165, 1.54) is 5.56 Å². The van der Waals surface area contributed by atoms with Crippen molar-refractivity contribution < 1.29 is 9.47 Å². The predicted octanol–water partition coefficient (Wildman–Crippen LogP) is 2.21. The van der Waals surface area contributed by atoms with Gasteiger partial charge in [-0.15, -0.1) is 24.0 Å². The first-order valence-corrected chi connectivity index (χ1v) is 7.89. The zero-order valence-electron chi connectivity index (χ0n) is 14.0. The molecular formula is C17H28IN3O2. The van der Waals surface area contributed by atoms with Gasteiger partial charge in [-0.25, -0.2) is 0 Å². The lowest BCUT2D eigenvalue weighted by Gasteiger charge is -2.36. The van der Waals surface area contributed by atoms with Crippen LogP contribution in [-0.4, -0.2) is 52.0 Å². The van der Waals surface area contributed by atoms with Crippen molar-refractivity contribution in [2.24, 2.45) is 4.99 Å². The van der Waals surface area contributed by atoms with Gasteiger partial charge in [-0.1, -0.05) is 30.3 Å². The highest BCUT2D eigenvalue weighted by Gasteiger charge is 2.32. The molecule has 0 unspecified atom stereocenters. The summed E-state index contributed by atoms with van der Waals surface area (Å²) in [7, 11) is 3.57. The summed E-state index contributed by atoms with van der Waals surface area (Å²) in [5, 5.41) is 6.73. The number of nitrogens with one attached hydrogen (secondary N) is 2. The van der Waals surface area contributed by atoms with Gasteiger partial charge in [0.2, 0.25) is 0 Å². The summed E-state index contributed by atoms with van der Waals surface area (Å²) in [5.41, 5.74) is 1.18. The molecule has 130 valence electrons. The molecular weight excluding hydrogens is 405 g/mol. The van der Waals surface area contributed by atoms with Crippen molar-refractivity contribution in [3.63, 3.8) is 0 Å². The first-order chi connectivity index (χ1) is 10.8. The molecule has 1 aromatic carbocycles. The first kappa shape index (κ1) is 20.2. The molecule has 0 aliphatic carbocycles. The highest BCUT2D eigenvalue weighted by molar-refractivity contribution is 14.0. The molecule has 1 aliphatic rings. The van der Waals surface area contributed by atoms with Crippen molar-refractivity contribution in [1.29, 1.82) is 0 Å². The normalized spacial score (nSPS) is 17.2. The van der Waals surface area contributed by atoms with Crippen LogP contribution in [0.1, 0.15) is 18.4 Å². The second-order valence-corrected chi connectivity index (χ2v) is 5.59. The molecule has 5 nitrogen and oxygen atoms in total. The van der Waals surface area contributed by atoms with Gasteiger partial charge in [0.25, 0.3) is 0 Å². The molecule has 1 fully saturated rings. The van der Waals surface area contributed by atoms with Crippen LogP contribution in [-0.2, 0) is 15.9 Å². The van der Waals surface area contributed by atoms with Crippen LogP contribution in [0.15, 0.2) is 35.3 Å². The maximum atomic E-state index is 5.72. The van der Waals surface area contributed by atoms with Gasteiger partial charge < -0.3 is 20.1 Å². The quantitative estimate of drug-likeness (QED) is 0.411. The minimum Gasteiger partial charge on any atom is -0.381 e. The maximum absolute atomic E-state index is 5.72. The molecule has 0 aromatic heterocycles. The van der Waals surface area contributed by atoms with Crippen molar-refractivity contribution in [3.8, 4) is 0 Å². The molecule has 0 saturated carbocycles. The molecule has 1 saturated heterocycles. The highest BCUT2D eigenvalue weighted by atomic mass is 127. The van der Waals surface area contributed by atoms with Crippen molar-refractivity contribution >= 4 is 29.9 Å². The number of benzene rings is 1. The lowest BCUT2D eigenvalue weighted by atomic mass is 9.94. The van der Waals surface area contributed by atoms with Gasteiger partial charge in [0.1, 0.15) is 0 Å². The van der Waals surface area contributed by atoms with Crippen LogP contribution in [0.4, 0.5) is 0 Å². The molecule has 0 atom stereocenters. The average Bonchev–Trinajstić information content (AvgIpc) is 2.59. The van der Waals surface area contributed by atoms with Gasteiger partial charge >= 0.3 is 0 Å². The van der Waals surface area contributed by atoms with Crippen molar-refractivity contribution in [1.82, 2.24) is 10.6 Å². The van der Waals surface area contributed by atoms with E-state index in [0.717, 1.165) is 51.5 Å². The fourth-order valence-electron chi connectivity index (χ4n) is 2.63. The van der Waals surface area contributed by atoms with Gasteiger partial charge in [0.15, 0.2) is 5.96 Å². The molecule has 0 bridgehead atoms. The summed E-state index contributed by atoms with van der Waals surface area (Å²) < 4.78 is 11.1. The topological polar surface area (TPSA) is 54.9 Å². The molecule has 2 N–H and O–H groups in total. The zero-order chi connectivity index (χ0) is 15.7. The Labute approximate surface area is 156 Å². The zero-order valence-corrected chi connectivity index (χ0v) is 16.3. The van der Waals surface area contributed by atoms with E-state index < -0.39 is 0 Å². The van der Waals surface area contributed by atoms with Crippen LogP contribution < -0.4 is 10.6 Å². The van der Waals surface area contributed by atoms with E-state index in [-0.39, 0.29) is 29.6 Å². The molecule has 1 heterocycles. The fourth-order valence-corrected chi connectivity index (χ4v) is 2.63. The third-order valence-electron chi connectivity index (χ3n) is 4.19. The van der Waals surface area contributed by atoms with E-state index in [1.54, 1.807) is 14.2 Å². The lowest BCUT2D eigenvalue weighted by Crippen LogP contribution is -2.51. The Hall–Kier alpha value is -0.860. The standard InChI is InChI=1S/C17H27N3O2.HI/c1-18-16(19-11-8-15-6-4-3-5-7-15)20-14-17(21-2)9-12-22-13-10-17;/h3-7H,8-14H2,1-2H3,(H2,18,19,20);1H. The SMILES string of the molecule is CN=C(NCCc1ccccc1)NCC1(OC)CCOCC1.I. The van der Waals surface area contributed by atoms with Gasteiger partial charge in [-0.2, -0.15) is 0 Å². The van der Waals surface area contributed by atoms with E-state index in [2.05, 4.69) is 39.9 Å². The number of halogens is 1. The predicted molar refractivity (Wildman–Crippen MR) is 105 cm³/mol. The number of ether oxygens (including phenoxy) is 2. The van der Waals surface area contributed by atoms with Crippen LogP contribution in [0.3, 0.4) is 0 Å². The number of aliphatic imine (C=N–C) groups is 1. The summed E-state index contributed by atoms with van der Waals surface area (Å²) >= 11 is 0. The molecule has 1 aliphatic heterocycles. The molecule has 2 rings (SSSR count). The first-order valence-electron chi connectivity index (χ1n) is 7.89. The summed E-state index contributed by atoms with van der Waals surface area (Å²) in [6, 6.07) is 10.4. The van der Waals surface area contributed by atoms with Crippen molar-refractivity contribution in [3.05, 3.63) is 35.9 Å². The van der Waals surface area contributed by atoms with Gasteiger partial charge in [-0.3, -0.25) is 4.99 Å². The van der Waals surface area contributed by atoms with Crippen molar-refractivity contribution in [2.45, 2.75) is 24.9 Å². The Balaban J connectivity index is 0.00000264. The summed E-state index contributed by atoms with van der Waals surface area (Å²) in [4.78, 5) is 4.28.